The van der Waals surface area contributed by atoms with Gasteiger partial charge >= 0.3 is 6.36 Å². The van der Waals surface area contributed by atoms with Crippen molar-refractivity contribution in [2.24, 2.45) is 17.8 Å². The fraction of sp³-hybridized carbons (Fsp3) is 0.522. The molecule has 3 unspecified atom stereocenters. The van der Waals surface area contributed by atoms with E-state index in [9.17, 15) is 13.2 Å². The molecule has 29 heavy (non-hydrogen) atoms. The molecule has 1 aliphatic heterocycles. The van der Waals surface area contributed by atoms with E-state index in [-0.39, 0.29) is 5.75 Å². The Morgan fingerprint density at radius 3 is 2.62 bits per heavy atom. The lowest BCUT2D eigenvalue weighted by Crippen LogP contribution is -2.26. The molecule has 157 valence electrons. The van der Waals surface area contributed by atoms with Crippen molar-refractivity contribution in [3.05, 3.63) is 59.9 Å². The largest absolute Gasteiger partial charge is 0.573 e. The van der Waals surface area contributed by atoms with Gasteiger partial charge in [-0.2, -0.15) is 0 Å². The molecule has 3 atom stereocenters. The first kappa shape index (κ1) is 20.3. The summed E-state index contributed by atoms with van der Waals surface area (Å²) >= 11 is 0. The number of hydrogen-bond donors (Lipinski definition) is 0. The molecule has 2 fully saturated rings. The Morgan fingerprint density at radius 1 is 1.21 bits per heavy atom. The maximum atomic E-state index is 12.4. The minimum absolute atomic E-state index is 0.158. The summed E-state index contributed by atoms with van der Waals surface area (Å²) < 4.78 is 46.8. The van der Waals surface area contributed by atoms with Gasteiger partial charge in [0.15, 0.2) is 0 Å². The molecule has 1 saturated heterocycles. The van der Waals surface area contributed by atoms with Crippen molar-refractivity contribution in [2.45, 2.75) is 39.0 Å². The third kappa shape index (κ3) is 5.16. The number of halogens is 3. The molecule has 4 rings (SSSR count). The highest BCUT2D eigenvalue weighted by atomic mass is 19.4. The summed E-state index contributed by atoms with van der Waals surface area (Å²) in [5, 5.41) is 0. The molecule has 1 aromatic heterocycles. The molecule has 2 aromatic rings. The number of nitrogens with zero attached hydrogens (tertiary/aromatic N) is 1. The van der Waals surface area contributed by atoms with Crippen LogP contribution >= 0.6 is 0 Å². The number of fused-ring (bicyclic) bond motifs is 1. The van der Waals surface area contributed by atoms with Gasteiger partial charge < -0.3 is 14.1 Å². The van der Waals surface area contributed by atoms with Gasteiger partial charge in [-0.25, -0.2) is 0 Å². The third-order valence-corrected chi connectivity index (χ3v) is 6.29. The van der Waals surface area contributed by atoms with Crippen LogP contribution in [0, 0.1) is 31.1 Å². The number of aryl methyl sites for hydroxylation is 1. The smallest absolute Gasteiger partial charge is 0.466 e. The molecule has 6 heteroatoms. The van der Waals surface area contributed by atoms with Gasteiger partial charge in [-0.15, -0.1) is 13.2 Å². The van der Waals surface area contributed by atoms with Gasteiger partial charge in [-0.05, 0) is 80.3 Å². The van der Waals surface area contributed by atoms with E-state index in [4.69, 9.17) is 4.42 Å². The van der Waals surface area contributed by atoms with Crippen LogP contribution < -0.4 is 4.74 Å². The molecule has 1 aliphatic carbocycles. The number of likely N-dealkylation sites (tertiary alicyclic amines) is 1. The highest BCUT2D eigenvalue weighted by Crippen LogP contribution is 2.54. The molecule has 1 radical (unpaired) electrons. The Balaban J connectivity index is 1.18. The maximum absolute atomic E-state index is 12.4. The lowest BCUT2D eigenvalue weighted by atomic mass is 10.0. The number of hydrogen-bond acceptors (Lipinski definition) is 3. The average molecular weight is 406 g/mol. The highest BCUT2D eigenvalue weighted by Gasteiger charge is 2.54. The fourth-order valence-corrected chi connectivity index (χ4v) is 4.62. The monoisotopic (exact) mass is 406 g/mol. The van der Waals surface area contributed by atoms with Crippen LogP contribution in [0.25, 0.3) is 0 Å². The van der Waals surface area contributed by atoms with Gasteiger partial charge in [0.25, 0.3) is 0 Å². The summed E-state index contributed by atoms with van der Waals surface area (Å²) in [5.74, 6) is 4.40. The molecule has 1 aromatic carbocycles. The normalized spacial score (nSPS) is 25.1. The Labute approximate surface area is 169 Å². The van der Waals surface area contributed by atoms with Crippen LogP contribution in [-0.4, -0.2) is 30.9 Å². The Hall–Kier alpha value is -1.95. The second kappa shape index (κ2) is 8.05. The van der Waals surface area contributed by atoms with E-state index in [1.165, 1.54) is 12.1 Å². The van der Waals surface area contributed by atoms with E-state index in [0.29, 0.717) is 11.8 Å². The van der Waals surface area contributed by atoms with Gasteiger partial charge in [0.1, 0.15) is 17.3 Å². The van der Waals surface area contributed by atoms with Gasteiger partial charge in [0, 0.05) is 19.0 Å². The topological polar surface area (TPSA) is 25.6 Å². The SMILES string of the molecule is Cc1ccc(C(C)CCN2CC3C(C[CH]c4cccc(OC(F)(F)F)c4)C3C2)o1. The van der Waals surface area contributed by atoms with Crippen LogP contribution in [-0.2, 0) is 0 Å². The van der Waals surface area contributed by atoms with E-state index in [2.05, 4.69) is 22.6 Å². The van der Waals surface area contributed by atoms with Crippen LogP contribution in [0.3, 0.4) is 0 Å². The second-order valence-electron chi connectivity index (χ2n) is 8.45. The Bertz CT molecular complexity index is 820. The molecule has 2 aliphatic rings. The van der Waals surface area contributed by atoms with Gasteiger partial charge in [0.2, 0.25) is 0 Å². The molecule has 3 nitrogen and oxygen atoms in total. The molecule has 0 N–H and O–H groups in total. The molecule has 0 spiro atoms. The zero-order valence-electron chi connectivity index (χ0n) is 16.8. The van der Waals surface area contributed by atoms with Crippen LogP contribution in [0.4, 0.5) is 13.2 Å². The standard InChI is InChI=1S/C23H27F3NO2/c1-15(22-9-6-16(2)28-22)10-11-27-13-20-19(21(20)14-27)8-7-17-4-3-5-18(12-17)29-23(24,25)26/h3-7,9,12,15,19-21H,8,10-11,13-14H2,1-2H3. The summed E-state index contributed by atoms with van der Waals surface area (Å²) in [6.45, 7) is 7.53. The van der Waals surface area contributed by atoms with Crippen molar-refractivity contribution in [1.29, 1.82) is 0 Å². The zero-order valence-corrected chi connectivity index (χ0v) is 16.8. The number of piperidine rings is 1. The third-order valence-electron chi connectivity index (χ3n) is 6.29. The summed E-state index contributed by atoms with van der Waals surface area (Å²) in [4.78, 5) is 2.54. The van der Waals surface area contributed by atoms with Crippen LogP contribution in [0.15, 0.2) is 40.8 Å². The van der Waals surface area contributed by atoms with Gasteiger partial charge in [-0.3, -0.25) is 0 Å². The number of benzene rings is 1. The van der Waals surface area contributed by atoms with Crippen LogP contribution in [0.2, 0.25) is 0 Å². The average Bonchev–Trinajstić information content (AvgIpc) is 2.99. The minimum atomic E-state index is -4.65. The first-order chi connectivity index (χ1) is 13.8. The quantitative estimate of drug-likeness (QED) is 0.554. The lowest BCUT2D eigenvalue weighted by Gasteiger charge is -2.21. The molecule has 0 bridgehead atoms. The van der Waals surface area contributed by atoms with E-state index in [0.717, 1.165) is 61.4 Å². The van der Waals surface area contributed by atoms with Gasteiger partial charge in [0.05, 0.1) is 0 Å². The van der Waals surface area contributed by atoms with E-state index in [1.807, 2.05) is 25.5 Å². The van der Waals surface area contributed by atoms with Crippen molar-refractivity contribution in [3.8, 4) is 5.75 Å². The van der Waals surface area contributed by atoms with Crippen molar-refractivity contribution >= 4 is 0 Å². The predicted molar refractivity (Wildman–Crippen MR) is 105 cm³/mol. The lowest BCUT2D eigenvalue weighted by molar-refractivity contribution is -0.274. The number of alkyl halides is 3. The second-order valence-corrected chi connectivity index (χ2v) is 8.45. The Morgan fingerprint density at radius 2 is 1.97 bits per heavy atom. The summed E-state index contributed by atoms with van der Waals surface area (Å²) in [7, 11) is 0. The summed E-state index contributed by atoms with van der Waals surface area (Å²) in [5.41, 5.74) is 0.788. The molecule has 1 saturated carbocycles. The molecule has 0 amide bonds. The summed E-state index contributed by atoms with van der Waals surface area (Å²) in [6.07, 6.45) is -0.601. The van der Waals surface area contributed by atoms with E-state index in [1.54, 1.807) is 6.07 Å². The first-order valence-corrected chi connectivity index (χ1v) is 10.3. The molecule has 2 heterocycles. The molecular weight excluding hydrogens is 379 g/mol. The highest BCUT2D eigenvalue weighted by molar-refractivity contribution is 5.33. The molecular formula is C23H27F3NO2. The van der Waals surface area contributed by atoms with Crippen molar-refractivity contribution < 1.29 is 22.3 Å². The Kier molecular flexibility index (Phi) is 5.65. The van der Waals surface area contributed by atoms with Crippen molar-refractivity contribution in [2.75, 3.05) is 19.6 Å². The minimum Gasteiger partial charge on any atom is -0.466 e. The van der Waals surface area contributed by atoms with E-state index >= 15 is 0 Å². The fourth-order valence-electron chi connectivity index (χ4n) is 4.62. The van der Waals surface area contributed by atoms with Crippen LogP contribution in [0.1, 0.15) is 42.8 Å². The van der Waals surface area contributed by atoms with Crippen molar-refractivity contribution in [3.63, 3.8) is 0 Å². The van der Waals surface area contributed by atoms with Crippen molar-refractivity contribution in [1.82, 2.24) is 4.90 Å². The van der Waals surface area contributed by atoms with Crippen LogP contribution in [0.5, 0.6) is 5.75 Å². The number of furan rings is 1. The predicted octanol–water partition coefficient (Wildman–Crippen LogP) is 5.80. The number of rotatable bonds is 8. The van der Waals surface area contributed by atoms with E-state index < -0.39 is 6.36 Å². The maximum Gasteiger partial charge on any atom is 0.573 e. The summed E-state index contributed by atoms with van der Waals surface area (Å²) in [6, 6.07) is 10.3. The first-order valence-electron chi connectivity index (χ1n) is 10.3. The zero-order chi connectivity index (χ0) is 20.6. The number of ether oxygens (including phenoxy) is 1. The van der Waals surface area contributed by atoms with Gasteiger partial charge in [-0.1, -0.05) is 19.1 Å².